The number of nitrogens with zero attached hydrogens (tertiary/aromatic N) is 1. The summed E-state index contributed by atoms with van der Waals surface area (Å²) in [5.41, 5.74) is -0.172. The van der Waals surface area contributed by atoms with Gasteiger partial charge in [-0.15, -0.1) is 0 Å². The first-order valence-electron chi connectivity index (χ1n) is 7.89. The molecule has 0 aromatic rings. The number of methoxy groups -OCH3 is 1. The van der Waals surface area contributed by atoms with Crippen LogP contribution in [0.3, 0.4) is 0 Å². The molecule has 1 heterocycles. The van der Waals surface area contributed by atoms with Crippen molar-refractivity contribution in [3.63, 3.8) is 0 Å². The van der Waals surface area contributed by atoms with Gasteiger partial charge in [-0.2, -0.15) is 0 Å². The van der Waals surface area contributed by atoms with Crippen LogP contribution in [-0.4, -0.2) is 56.0 Å². The third-order valence-electron chi connectivity index (χ3n) is 4.17. The Balaban J connectivity index is 1.66. The standard InChI is InChI=1S/C15H28N2O3/c1-3-6-13-16-15(7-8-15)14(18)17(13)9-4-5-10-20-12-11-19-2/h13,16H,3-12H2,1-2H3. The summed E-state index contributed by atoms with van der Waals surface area (Å²) in [4.78, 5) is 14.5. The van der Waals surface area contributed by atoms with E-state index in [1.54, 1.807) is 7.11 Å². The SMILES string of the molecule is CCCC1NC2(CC2)C(=O)N1CCCCOCCOC. The van der Waals surface area contributed by atoms with E-state index in [1.807, 2.05) is 0 Å². The van der Waals surface area contributed by atoms with Crippen molar-refractivity contribution in [3.8, 4) is 0 Å². The number of rotatable bonds is 10. The molecule has 0 bridgehead atoms. The molecule has 20 heavy (non-hydrogen) atoms. The summed E-state index contributed by atoms with van der Waals surface area (Å²) >= 11 is 0. The summed E-state index contributed by atoms with van der Waals surface area (Å²) < 4.78 is 10.4. The van der Waals surface area contributed by atoms with Gasteiger partial charge in [0.2, 0.25) is 5.91 Å². The zero-order chi connectivity index (χ0) is 14.4. The van der Waals surface area contributed by atoms with Crippen LogP contribution in [0.25, 0.3) is 0 Å². The molecular weight excluding hydrogens is 256 g/mol. The molecule has 0 aromatic heterocycles. The van der Waals surface area contributed by atoms with Gasteiger partial charge >= 0.3 is 0 Å². The molecule has 1 saturated carbocycles. The van der Waals surface area contributed by atoms with E-state index in [0.29, 0.717) is 19.1 Å². The van der Waals surface area contributed by atoms with Crippen LogP contribution in [0, 0.1) is 0 Å². The topological polar surface area (TPSA) is 50.8 Å². The average Bonchev–Trinajstić information content (AvgIpc) is 3.17. The number of ether oxygens (including phenoxy) is 2. The number of amides is 1. The molecule has 116 valence electrons. The lowest BCUT2D eigenvalue weighted by Crippen LogP contribution is -2.38. The van der Waals surface area contributed by atoms with E-state index in [2.05, 4.69) is 17.1 Å². The van der Waals surface area contributed by atoms with Gasteiger partial charge in [-0.1, -0.05) is 13.3 Å². The first-order chi connectivity index (χ1) is 9.73. The van der Waals surface area contributed by atoms with Gasteiger partial charge < -0.3 is 14.4 Å². The number of carbonyl (C=O) groups is 1. The van der Waals surface area contributed by atoms with E-state index >= 15 is 0 Å². The van der Waals surface area contributed by atoms with Crippen LogP contribution in [0.4, 0.5) is 0 Å². The van der Waals surface area contributed by atoms with E-state index in [0.717, 1.165) is 51.7 Å². The Bertz CT molecular complexity index is 318. The van der Waals surface area contributed by atoms with Crippen molar-refractivity contribution in [2.24, 2.45) is 0 Å². The molecule has 1 aliphatic carbocycles. The first-order valence-corrected chi connectivity index (χ1v) is 7.89. The predicted molar refractivity (Wildman–Crippen MR) is 77.4 cm³/mol. The Morgan fingerprint density at radius 1 is 1.30 bits per heavy atom. The zero-order valence-corrected chi connectivity index (χ0v) is 12.8. The van der Waals surface area contributed by atoms with E-state index in [9.17, 15) is 4.79 Å². The summed E-state index contributed by atoms with van der Waals surface area (Å²) in [5.74, 6) is 0.330. The van der Waals surface area contributed by atoms with Crippen molar-refractivity contribution in [1.82, 2.24) is 10.2 Å². The van der Waals surface area contributed by atoms with Gasteiger partial charge in [0, 0.05) is 20.3 Å². The van der Waals surface area contributed by atoms with Gasteiger partial charge in [0.15, 0.2) is 0 Å². The quantitative estimate of drug-likeness (QED) is 0.618. The second-order valence-electron chi connectivity index (χ2n) is 5.84. The van der Waals surface area contributed by atoms with E-state index < -0.39 is 0 Å². The Labute approximate surface area is 122 Å². The van der Waals surface area contributed by atoms with Crippen LogP contribution in [-0.2, 0) is 14.3 Å². The maximum absolute atomic E-state index is 12.4. The minimum atomic E-state index is -0.172. The first kappa shape index (κ1) is 15.7. The molecule has 2 aliphatic rings. The molecule has 0 aromatic carbocycles. The molecule has 1 saturated heterocycles. The third-order valence-corrected chi connectivity index (χ3v) is 4.17. The Morgan fingerprint density at radius 2 is 2.10 bits per heavy atom. The van der Waals surface area contributed by atoms with Crippen molar-refractivity contribution in [2.45, 2.75) is 57.2 Å². The highest BCUT2D eigenvalue weighted by molar-refractivity contribution is 5.91. The van der Waals surface area contributed by atoms with Crippen LogP contribution in [0.2, 0.25) is 0 Å². The smallest absolute Gasteiger partial charge is 0.244 e. The maximum atomic E-state index is 12.4. The number of unbranched alkanes of at least 4 members (excludes halogenated alkanes) is 1. The van der Waals surface area contributed by atoms with Gasteiger partial charge in [-0.3, -0.25) is 10.1 Å². The molecular formula is C15H28N2O3. The summed E-state index contributed by atoms with van der Waals surface area (Å²) in [7, 11) is 1.68. The largest absolute Gasteiger partial charge is 0.382 e. The van der Waals surface area contributed by atoms with Crippen LogP contribution >= 0.6 is 0 Å². The van der Waals surface area contributed by atoms with Crippen molar-refractivity contribution in [2.75, 3.05) is 33.5 Å². The summed E-state index contributed by atoms with van der Waals surface area (Å²) in [6.07, 6.45) is 6.46. The summed E-state index contributed by atoms with van der Waals surface area (Å²) in [5, 5.41) is 3.54. The predicted octanol–water partition coefficient (Wildman–Crippen LogP) is 1.52. The molecule has 2 fully saturated rings. The molecule has 1 aliphatic heterocycles. The second kappa shape index (κ2) is 7.38. The van der Waals surface area contributed by atoms with Crippen LogP contribution in [0.1, 0.15) is 45.4 Å². The highest BCUT2D eigenvalue weighted by Gasteiger charge is 2.58. The fraction of sp³-hybridized carbons (Fsp3) is 0.933. The van der Waals surface area contributed by atoms with Crippen molar-refractivity contribution in [3.05, 3.63) is 0 Å². The number of carbonyl (C=O) groups excluding carboxylic acids is 1. The highest BCUT2D eigenvalue weighted by atomic mass is 16.5. The van der Waals surface area contributed by atoms with E-state index in [-0.39, 0.29) is 11.7 Å². The third kappa shape index (κ3) is 3.71. The molecule has 1 amide bonds. The highest BCUT2D eigenvalue weighted by Crippen LogP contribution is 2.42. The van der Waals surface area contributed by atoms with Crippen molar-refractivity contribution < 1.29 is 14.3 Å². The fourth-order valence-electron chi connectivity index (χ4n) is 2.85. The van der Waals surface area contributed by atoms with Crippen LogP contribution in [0.5, 0.6) is 0 Å². The molecule has 1 spiro atoms. The number of hydrogen-bond donors (Lipinski definition) is 1. The fourth-order valence-corrected chi connectivity index (χ4v) is 2.85. The van der Waals surface area contributed by atoms with E-state index in [4.69, 9.17) is 9.47 Å². The zero-order valence-electron chi connectivity index (χ0n) is 12.8. The molecule has 5 heteroatoms. The molecule has 2 rings (SSSR count). The Morgan fingerprint density at radius 3 is 2.75 bits per heavy atom. The van der Waals surface area contributed by atoms with Crippen molar-refractivity contribution >= 4 is 5.91 Å². The minimum Gasteiger partial charge on any atom is -0.382 e. The molecule has 1 unspecified atom stereocenters. The Hall–Kier alpha value is -0.650. The van der Waals surface area contributed by atoms with Gasteiger partial charge in [0.25, 0.3) is 0 Å². The molecule has 1 N–H and O–H groups in total. The lowest BCUT2D eigenvalue weighted by molar-refractivity contribution is -0.130. The normalized spacial score (nSPS) is 23.8. The lowest BCUT2D eigenvalue weighted by Gasteiger charge is -2.23. The van der Waals surface area contributed by atoms with Gasteiger partial charge in [0.1, 0.15) is 0 Å². The summed E-state index contributed by atoms with van der Waals surface area (Å²) in [6, 6.07) is 0. The maximum Gasteiger partial charge on any atom is 0.244 e. The van der Waals surface area contributed by atoms with Crippen LogP contribution < -0.4 is 5.32 Å². The lowest BCUT2D eigenvalue weighted by atomic mass is 10.2. The number of nitrogens with one attached hydrogen (secondary N) is 1. The monoisotopic (exact) mass is 284 g/mol. The summed E-state index contributed by atoms with van der Waals surface area (Å²) in [6.45, 7) is 5.08. The minimum absolute atomic E-state index is 0.172. The van der Waals surface area contributed by atoms with Gasteiger partial charge in [-0.05, 0) is 32.1 Å². The second-order valence-corrected chi connectivity index (χ2v) is 5.84. The van der Waals surface area contributed by atoms with Crippen LogP contribution in [0.15, 0.2) is 0 Å². The van der Waals surface area contributed by atoms with E-state index in [1.165, 1.54) is 0 Å². The number of hydrogen-bond acceptors (Lipinski definition) is 4. The van der Waals surface area contributed by atoms with Gasteiger partial charge in [0.05, 0.1) is 24.9 Å². The Kier molecular flexibility index (Phi) is 5.81. The van der Waals surface area contributed by atoms with Gasteiger partial charge in [-0.25, -0.2) is 0 Å². The molecule has 5 nitrogen and oxygen atoms in total. The molecule has 1 atom stereocenters. The van der Waals surface area contributed by atoms with Crippen molar-refractivity contribution in [1.29, 1.82) is 0 Å². The molecule has 0 radical (unpaired) electrons. The average molecular weight is 284 g/mol.